The quantitative estimate of drug-likeness (QED) is 0.345. The summed E-state index contributed by atoms with van der Waals surface area (Å²) in [6, 6.07) is 16.8. The van der Waals surface area contributed by atoms with E-state index in [-0.39, 0.29) is 37.1 Å². The molecule has 178 valence electrons. The fourth-order valence-corrected chi connectivity index (χ4v) is 4.49. The molecule has 1 unspecified atom stereocenters. The van der Waals surface area contributed by atoms with Crippen molar-refractivity contribution in [2.45, 2.75) is 37.6 Å². The van der Waals surface area contributed by atoms with Crippen molar-refractivity contribution in [3.8, 4) is 0 Å². The van der Waals surface area contributed by atoms with E-state index in [1.807, 2.05) is 59.3 Å². The summed E-state index contributed by atoms with van der Waals surface area (Å²) >= 11 is 0. The molecule has 0 bridgehead atoms. The Balaban J connectivity index is 1.40. The number of hydrogen-bond acceptors (Lipinski definition) is 6. The second-order valence-electron chi connectivity index (χ2n) is 8.50. The van der Waals surface area contributed by atoms with Crippen molar-refractivity contribution >= 4 is 28.8 Å². The predicted octanol–water partition coefficient (Wildman–Crippen LogP) is 2.06. The Morgan fingerprint density at radius 3 is 2.62 bits per heavy atom. The standard InChI is InChI=1S/C25H29N5O4/c1-34-16-8-14-29-23(32)18-25(24(29)33,19-9-3-2-4-10-19)17-22(31)26-13-7-15-30-21-12-6-5-11-20(21)27-28-30/h2-6,9-12H,7-8,13-18H2,1H3,(H,26,31). The van der Waals surface area contributed by atoms with Crippen LogP contribution >= 0.6 is 0 Å². The van der Waals surface area contributed by atoms with Crippen molar-refractivity contribution in [1.29, 1.82) is 0 Å². The number of amides is 3. The molecule has 3 aromatic rings. The van der Waals surface area contributed by atoms with Crippen LogP contribution in [-0.2, 0) is 31.1 Å². The summed E-state index contributed by atoms with van der Waals surface area (Å²) in [6.07, 6.45) is 1.13. The highest BCUT2D eigenvalue weighted by molar-refractivity contribution is 6.10. The number of rotatable bonds is 11. The van der Waals surface area contributed by atoms with Gasteiger partial charge in [-0.3, -0.25) is 19.3 Å². The monoisotopic (exact) mass is 463 g/mol. The molecule has 9 nitrogen and oxygen atoms in total. The van der Waals surface area contributed by atoms with E-state index in [4.69, 9.17) is 4.74 Å². The van der Waals surface area contributed by atoms with E-state index in [2.05, 4.69) is 15.6 Å². The normalized spacial score (nSPS) is 18.1. The Labute approximate surface area is 198 Å². The van der Waals surface area contributed by atoms with Crippen LogP contribution in [0, 0.1) is 0 Å². The number of imide groups is 1. The first-order valence-corrected chi connectivity index (χ1v) is 11.5. The van der Waals surface area contributed by atoms with Gasteiger partial charge in [-0.15, -0.1) is 5.10 Å². The second-order valence-corrected chi connectivity index (χ2v) is 8.50. The number of aromatic nitrogens is 3. The number of fused-ring (bicyclic) bond motifs is 1. The maximum absolute atomic E-state index is 13.4. The molecule has 1 fully saturated rings. The number of nitrogens with zero attached hydrogens (tertiary/aromatic N) is 4. The molecule has 0 aliphatic carbocycles. The molecular weight excluding hydrogens is 434 g/mol. The van der Waals surface area contributed by atoms with Crippen molar-refractivity contribution in [3.05, 3.63) is 60.2 Å². The number of likely N-dealkylation sites (tertiary alicyclic amines) is 1. The number of benzene rings is 2. The number of aryl methyl sites for hydroxylation is 1. The number of nitrogens with one attached hydrogen (secondary N) is 1. The maximum Gasteiger partial charge on any atom is 0.240 e. The lowest BCUT2D eigenvalue weighted by molar-refractivity contribution is -0.141. The predicted molar refractivity (Wildman–Crippen MR) is 126 cm³/mol. The highest BCUT2D eigenvalue weighted by Crippen LogP contribution is 2.39. The van der Waals surface area contributed by atoms with Gasteiger partial charge in [0.15, 0.2) is 0 Å². The summed E-state index contributed by atoms with van der Waals surface area (Å²) in [4.78, 5) is 40.4. The van der Waals surface area contributed by atoms with E-state index < -0.39 is 5.41 Å². The first-order valence-electron chi connectivity index (χ1n) is 11.5. The SMILES string of the molecule is COCCCN1C(=O)CC(CC(=O)NCCCn2nnc3ccccc32)(c2ccccc2)C1=O. The molecule has 1 aromatic heterocycles. The third kappa shape index (κ3) is 4.84. The molecular formula is C25H29N5O4. The van der Waals surface area contributed by atoms with Crippen LogP contribution in [0.4, 0.5) is 0 Å². The van der Waals surface area contributed by atoms with E-state index in [9.17, 15) is 14.4 Å². The average molecular weight is 464 g/mol. The molecule has 2 aromatic carbocycles. The van der Waals surface area contributed by atoms with Crippen molar-refractivity contribution in [3.63, 3.8) is 0 Å². The van der Waals surface area contributed by atoms with Crippen LogP contribution in [0.5, 0.6) is 0 Å². The number of ether oxygens (including phenoxy) is 1. The van der Waals surface area contributed by atoms with Gasteiger partial charge < -0.3 is 10.1 Å². The molecule has 1 saturated heterocycles. The smallest absolute Gasteiger partial charge is 0.240 e. The summed E-state index contributed by atoms with van der Waals surface area (Å²) in [5.41, 5.74) is 1.28. The molecule has 34 heavy (non-hydrogen) atoms. The van der Waals surface area contributed by atoms with Crippen LogP contribution in [0.1, 0.15) is 31.2 Å². The molecule has 3 amide bonds. The van der Waals surface area contributed by atoms with Crippen molar-refractivity contribution < 1.29 is 19.1 Å². The van der Waals surface area contributed by atoms with E-state index in [0.717, 1.165) is 11.0 Å². The largest absolute Gasteiger partial charge is 0.385 e. The Morgan fingerprint density at radius 2 is 1.82 bits per heavy atom. The van der Waals surface area contributed by atoms with Gasteiger partial charge in [-0.25, -0.2) is 4.68 Å². The Hall–Kier alpha value is -3.59. The molecule has 1 atom stereocenters. The molecule has 2 heterocycles. The van der Waals surface area contributed by atoms with E-state index >= 15 is 0 Å². The van der Waals surface area contributed by atoms with Crippen LogP contribution in [0.2, 0.25) is 0 Å². The van der Waals surface area contributed by atoms with Gasteiger partial charge in [0.25, 0.3) is 0 Å². The first kappa shape index (κ1) is 23.6. The lowest BCUT2D eigenvalue weighted by atomic mass is 9.75. The van der Waals surface area contributed by atoms with Crippen molar-refractivity contribution in [2.75, 3.05) is 26.8 Å². The van der Waals surface area contributed by atoms with E-state index in [1.54, 1.807) is 7.11 Å². The Bertz CT molecular complexity index is 1160. The van der Waals surface area contributed by atoms with E-state index in [1.165, 1.54) is 4.90 Å². The van der Waals surface area contributed by atoms with Crippen LogP contribution in [0.15, 0.2) is 54.6 Å². The molecule has 1 aliphatic rings. The van der Waals surface area contributed by atoms with Gasteiger partial charge >= 0.3 is 0 Å². The van der Waals surface area contributed by atoms with Gasteiger partial charge in [-0.2, -0.15) is 0 Å². The van der Waals surface area contributed by atoms with Crippen LogP contribution in [-0.4, -0.2) is 64.4 Å². The molecule has 0 spiro atoms. The first-order chi connectivity index (χ1) is 16.5. The number of carbonyl (C=O) groups excluding carboxylic acids is 3. The summed E-state index contributed by atoms with van der Waals surface area (Å²) in [7, 11) is 1.58. The van der Waals surface area contributed by atoms with Crippen LogP contribution in [0.3, 0.4) is 0 Å². The fraction of sp³-hybridized carbons (Fsp3) is 0.400. The zero-order chi connectivity index (χ0) is 24.0. The second kappa shape index (κ2) is 10.6. The van der Waals surface area contributed by atoms with Gasteiger partial charge in [0.05, 0.1) is 10.9 Å². The molecule has 0 radical (unpaired) electrons. The Kier molecular flexibility index (Phi) is 7.32. The highest BCUT2D eigenvalue weighted by Gasteiger charge is 2.53. The van der Waals surface area contributed by atoms with Gasteiger partial charge in [0.2, 0.25) is 17.7 Å². The average Bonchev–Trinajstić information content (AvgIpc) is 3.37. The summed E-state index contributed by atoms with van der Waals surface area (Å²) in [5.74, 6) is -0.827. The molecule has 9 heteroatoms. The van der Waals surface area contributed by atoms with Gasteiger partial charge in [0, 0.05) is 46.2 Å². The fourth-order valence-electron chi connectivity index (χ4n) is 4.49. The minimum atomic E-state index is -1.18. The third-order valence-electron chi connectivity index (χ3n) is 6.22. The van der Waals surface area contributed by atoms with Gasteiger partial charge in [-0.05, 0) is 30.5 Å². The summed E-state index contributed by atoms with van der Waals surface area (Å²) < 4.78 is 6.86. The van der Waals surface area contributed by atoms with E-state index in [0.29, 0.717) is 38.1 Å². The number of carbonyl (C=O) groups is 3. The lowest BCUT2D eigenvalue weighted by Crippen LogP contribution is -2.43. The maximum atomic E-state index is 13.4. The minimum absolute atomic E-state index is 0.0127. The highest BCUT2D eigenvalue weighted by atomic mass is 16.5. The zero-order valence-corrected chi connectivity index (χ0v) is 19.3. The third-order valence-corrected chi connectivity index (χ3v) is 6.22. The topological polar surface area (TPSA) is 106 Å². The molecule has 0 saturated carbocycles. The summed E-state index contributed by atoms with van der Waals surface area (Å²) in [5, 5.41) is 11.2. The summed E-state index contributed by atoms with van der Waals surface area (Å²) in [6.45, 7) is 1.78. The molecule has 4 rings (SSSR count). The number of para-hydroxylation sites is 1. The van der Waals surface area contributed by atoms with Gasteiger partial charge in [0.1, 0.15) is 5.52 Å². The number of methoxy groups -OCH3 is 1. The van der Waals surface area contributed by atoms with Crippen LogP contribution < -0.4 is 5.32 Å². The van der Waals surface area contributed by atoms with Crippen molar-refractivity contribution in [1.82, 2.24) is 25.2 Å². The lowest BCUT2D eigenvalue weighted by Gasteiger charge is -2.27. The minimum Gasteiger partial charge on any atom is -0.385 e. The zero-order valence-electron chi connectivity index (χ0n) is 19.3. The molecule has 1 aliphatic heterocycles. The molecule has 1 N–H and O–H groups in total. The number of hydrogen-bond donors (Lipinski definition) is 1. The van der Waals surface area contributed by atoms with Crippen LogP contribution in [0.25, 0.3) is 11.0 Å². The Morgan fingerprint density at radius 1 is 1.06 bits per heavy atom. The van der Waals surface area contributed by atoms with Gasteiger partial charge in [-0.1, -0.05) is 47.7 Å². The van der Waals surface area contributed by atoms with Crippen molar-refractivity contribution in [2.24, 2.45) is 0 Å².